The molecule has 1 aliphatic heterocycles. The number of anilines is 4. The summed E-state index contributed by atoms with van der Waals surface area (Å²) in [5.74, 6) is -0.891. The van der Waals surface area contributed by atoms with Crippen LogP contribution in [-0.4, -0.2) is 53.0 Å². The maximum atomic E-state index is 13.9. The van der Waals surface area contributed by atoms with Gasteiger partial charge in [-0.1, -0.05) is 18.2 Å². The molecular weight excluding hydrogens is 553 g/mol. The van der Waals surface area contributed by atoms with Crippen LogP contribution in [0.2, 0.25) is 0 Å². The van der Waals surface area contributed by atoms with E-state index in [0.717, 1.165) is 37.2 Å². The van der Waals surface area contributed by atoms with E-state index in [0.29, 0.717) is 23.7 Å². The van der Waals surface area contributed by atoms with Gasteiger partial charge in [-0.2, -0.15) is 23.3 Å². The summed E-state index contributed by atoms with van der Waals surface area (Å²) < 4.78 is 49.1. The lowest BCUT2D eigenvalue weighted by Gasteiger charge is -2.22. The Kier molecular flexibility index (Phi) is 8.54. The summed E-state index contributed by atoms with van der Waals surface area (Å²) >= 11 is 0. The number of alkyl halides is 3. The van der Waals surface area contributed by atoms with Crippen LogP contribution in [0.4, 0.5) is 36.3 Å². The van der Waals surface area contributed by atoms with Gasteiger partial charge in [0.05, 0.1) is 42.9 Å². The van der Waals surface area contributed by atoms with Gasteiger partial charge in [-0.15, -0.1) is 0 Å². The van der Waals surface area contributed by atoms with Gasteiger partial charge < -0.3 is 20.7 Å². The summed E-state index contributed by atoms with van der Waals surface area (Å²) in [6.07, 6.45) is -0.122. The molecule has 0 saturated carbocycles. The first-order chi connectivity index (χ1) is 20.3. The number of rotatable bonds is 9. The first kappa shape index (κ1) is 28.8. The average Bonchev–Trinajstić information content (AvgIpc) is 3.48. The number of ether oxygens (including phenoxy) is 1. The number of carbonyl (C=O) groups is 1. The Labute approximate surface area is 239 Å². The van der Waals surface area contributed by atoms with Crippen molar-refractivity contribution in [3.8, 4) is 17.0 Å². The zero-order valence-electron chi connectivity index (χ0n) is 22.8. The third-order valence-electron chi connectivity index (χ3n) is 6.75. The molecule has 42 heavy (non-hydrogen) atoms. The van der Waals surface area contributed by atoms with Crippen molar-refractivity contribution in [1.82, 2.24) is 30.5 Å². The number of aromatic nitrogens is 4. The molecule has 4 aromatic rings. The van der Waals surface area contributed by atoms with Crippen LogP contribution < -0.4 is 26.2 Å². The molecule has 14 heteroatoms. The number of hydrogen-bond donors (Lipinski definition) is 4. The number of benzene rings is 2. The molecule has 0 bridgehead atoms. The minimum atomic E-state index is -4.76. The summed E-state index contributed by atoms with van der Waals surface area (Å²) in [5, 5.41) is 13.7. The Bertz CT molecular complexity index is 1550. The van der Waals surface area contributed by atoms with Crippen molar-refractivity contribution in [1.29, 1.82) is 0 Å². The summed E-state index contributed by atoms with van der Waals surface area (Å²) in [7, 11) is 2.74. The normalized spacial score (nSPS) is 13.9. The van der Waals surface area contributed by atoms with Gasteiger partial charge in [0, 0.05) is 18.0 Å². The monoisotopic (exact) mass is 582 g/mol. The van der Waals surface area contributed by atoms with E-state index < -0.39 is 23.5 Å². The first-order valence-electron chi connectivity index (χ1n) is 13.1. The summed E-state index contributed by atoms with van der Waals surface area (Å²) in [6, 6.07) is 13.6. The molecule has 1 saturated heterocycles. The maximum absolute atomic E-state index is 13.9. The number of piperidine rings is 1. The van der Waals surface area contributed by atoms with Crippen molar-refractivity contribution in [3.05, 3.63) is 72.1 Å². The van der Waals surface area contributed by atoms with E-state index in [9.17, 15) is 18.0 Å². The zero-order valence-corrected chi connectivity index (χ0v) is 22.8. The second-order valence-electron chi connectivity index (χ2n) is 9.46. The van der Waals surface area contributed by atoms with Crippen molar-refractivity contribution < 1.29 is 27.5 Å². The predicted octanol–water partition coefficient (Wildman–Crippen LogP) is 5.07. The van der Waals surface area contributed by atoms with E-state index in [1.807, 2.05) is 23.0 Å². The van der Waals surface area contributed by atoms with Gasteiger partial charge in [0.25, 0.3) is 5.91 Å². The molecule has 1 aliphatic rings. The highest BCUT2D eigenvalue weighted by molar-refractivity contribution is 5.99. The molecule has 2 aromatic heterocycles. The molecule has 1 amide bonds. The fourth-order valence-corrected chi connectivity index (χ4v) is 4.65. The van der Waals surface area contributed by atoms with Crippen LogP contribution in [0.1, 0.15) is 34.8 Å². The van der Waals surface area contributed by atoms with Crippen LogP contribution in [0, 0.1) is 0 Å². The van der Waals surface area contributed by atoms with Gasteiger partial charge in [0.15, 0.2) is 0 Å². The van der Waals surface area contributed by atoms with E-state index in [1.165, 1.54) is 26.4 Å². The minimum Gasteiger partial charge on any atom is -0.495 e. The fourth-order valence-electron chi connectivity index (χ4n) is 4.65. The average molecular weight is 583 g/mol. The number of nitrogens with zero attached hydrogens (tertiary/aromatic N) is 4. The van der Waals surface area contributed by atoms with Crippen molar-refractivity contribution in [2.75, 3.05) is 37.9 Å². The predicted molar refractivity (Wildman–Crippen MR) is 150 cm³/mol. The molecule has 220 valence electrons. The van der Waals surface area contributed by atoms with Crippen LogP contribution in [0.5, 0.6) is 5.75 Å². The second kappa shape index (κ2) is 12.4. The second-order valence-corrected chi connectivity index (χ2v) is 9.46. The molecular formula is C28H29F3N8O3. The van der Waals surface area contributed by atoms with E-state index in [4.69, 9.17) is 9.84 Å². The zero-order chi connectivity index (χ0) is 29.7. The lowest BCUT2D eigenvalue weighted by Crippen LogP contribution is -2.29. The van der Waals surface area contributed by atoms with Crippen molar-refractivity contribution in [2.45, 2.75) is 25.1 Å². The maximum Gasteiger partial charge on any atom is 0.421 e. The molecule has 3 heterocycles. The number of para-hydroxylation sites is 1. The molecule has 0 aliphatic carbocycles. The molecule has 5 rings (SSSR count). The van der Waals surface area contributed by atoms with Crippen LogP contribution in [-0.2, 0) is 11.0 Å². The molecule has 0 unspecified atom stereocenters. The van der Waals surface area contributed by atoms with Crippen LogP contribution >= 0.6 is 0 Å². The van der Waals surface area contributed by atoms with Gasteiger partial charge in [-0.05, 0) is 56.3 Å². The molecule has 4 N–H and O–H groups in total. The van der Waals surface area contributed by atoms with Crippen molar-refractivity contribution >= 4 is 29.0 Å². The Morgan fingerprint density at radius 1 is 1.05 bits per heavy atom. The SMILES string of the molecule is CONC(=O)c1ccccc1Nc1nc(Nc2ccc(-c3ccn(C4CCNCC4)n3)cc2OC)ncc1C(F)(F)F. The van der Waals surface area contributed by atoms with E-state index in [2.05, 4.69) is 36.2 Å². The molecule has 11 nitrogen and oxygen atoms in total. The summed E-state index contributed by atoms with van der Waals surface area (Å²) in [4.78, 5) is 25.0. The van der Waals surface area contributed by atoms with Crippen LogP contribution in [0.3, 0.4) is 0 Å². The van der Waals surface area contributed by atoms with Crippen molar-refractivity contribution in [2.24, 2.45) is 0 Å². The van der Waals surface area contributed by atoms with Crippen molar-refractivity contribution in [3.63, 3.8) is 0 Å². The highest BCUT2D eigenvalue weighted by Gasteiger charge is 2.35. The number of halogens is 3. The topological polar surface area (TPSA) is 127 Å². The van der Waals surface area contributed by atoms with Gasteiger partial charge in [-0.3, -0.25) is 14.3 Å². The quantitative estimate of drug-likeness (QED) is 0.200. The van der Waals surface area contributed by atoms with Gasteiger partial charge in [0.1, 0.15) is 17.1 Å². The molecule has 0 atom stereocenters. The largest absolute Gasteiger partial charge is 0.495 e. The Hall–Kier alpha value is -4.69. The third kappa shape index (κ3) is 6.44. The number of methoxy groups -OCH3 is 1. The number of nitrogens with one attached hydrogen (secondary N) is 4. The number of amides is 1. The fraction of sp³-hybridized carbons (Fsp3) is 0.286. The smallest absolute Gasteiger partial charge is 0.421 e. The highest BCUT2D eigenvalue weighted by Crippen LogP contribution is 2.37. The van der Waals surface area contributed by atoms with Crippen LogP contribution in [0.15, 0.2) is 60.9 Å². The highest BCUT2D eigenvalue weighted by atomic mass is 19.4. The minimum absolute atomic E-state index is 0.0560. The summed E-state index contributed by atoms with van der Waals surface area (Å²) in [5.41, 5.74) is 3.21. The number of carbonyl (C=O) groups excluding carboxylic acids is 1. The van der Waals surface area contributed by atoms with Gasteiger partial charge >= 0.3 is 6.18 Å². The molecule has 1 fully saturated rings. The Morgan fingerprint density at radius 2 is 1.83 bits per heavy atom. The molecule has 2 aromatic carbocycles. The van der Waals surface area contributed by atoms with E-state index in [-0.39, 0.29) is 17.2 Å². The standard InChI is InChI=1S/C28H29F3N8O3/c1-41-24-15-17(21-11-14-39(37-21)18-9-12-32-13-10-18)7-8-23(24)35-27-33-16-20(28(29,30)31)25(36-27)34-22-6-4-3-5-19(22)26(40)38-42-2/h3-8,11,14-16,18,32H,9-10,12-13H2,1-2H3,(H,38,40)(H2,33,34,35,36). The summed E-state index contributed by atoms with van der Waals surface area (Å²) in [6.45, 7) is 1.90. The van der Waals surface area contributed by atoms with E-state index in [1.54, 1.807) is 24.3 Å². The Balaban J connectivity index is 1.42. The number of hydrogen-bond acceptors (Lipinski definition) is 9. The molecule has 0 spiro atoms. The lowest BCUT2D eigenvalue weighted by molar-refractivity contribution is -0.137. The van der Waals surface area contributed by atoms with Crippen LogP contribution in [0.25, 0.3) is 11.3 Å². The van der Waals surface area contributed by atoms with Gasteiger partial charge in [0.2, 0.25) is 5.95 Å². The molecule has 0 radical (unpaired) electrons. The third-order valence-corrected chi connectivity index (χ3v) is 6.75. The van der Waals surface area contributed by atoms with Gasteiger partial charge in [-0.25, -0.2) is 10.5 Å². The lowest BCUT2D eigenvalue weighted by atomic mass is 10.1. The number of hydroxylamine groups is 1. The van der Waals surface area contributed by atoms with E-state index >= 15 is 0 Å². The Morgan fingerprint density at radius 3 is 2.57 bits per heavy atom. The first-order valence-corrected chi connectivity index (χ1v) is 13.1.